The topological polar surface area (TPSA) is 106 Å². The van der Waals surface area contributed by atoms with Crippen LogP contribution in [0.25, 0.3) is 11.3 Å². The van der Waals surface area contributed by atoms with Crippen molar-refractivity contribution in [2.45, 2.75) is 6.61 Å². The van der Waals surface area contributed by atoms with Crippen molar-refractivity contribution in [3.63, 3.8) is 0 Å². The van der Waals surface area contributed by atoms with Crippen LogP contribution in [0.1, 0.15) is 5.56 Å². The highest BCUT2D eigenvalue weighted by Gasteiger charge is 2.16. The van der Waals surface area contributed by atoms with E-state index in [9.17, 15) is 0 Å². The minimum Gasteiger partial charge on any atom is -0.470 e. The van der Waals surface area contributed by atoms with Crippen LogP contribution >= 0.6 is 0 Å². The van der Waals surface area contributed by atoms with Crippen molar-refractivity contribution in [1.82, 2.24) is 29.8 Å². The fraction of sp³-hybridized carbons (Fsp3) is 0.316. The molecule has 1 saturated heterocycles. The van der Waals surface area contributed by atoms with Gasteiger partial charge in [-0.05, 0) is 24.7 Å². The second-order valence-corrected chi connectivity index (χ2v) is 6.65. The van der Waals surface area contributed by atoms with Crippen molar-refractivity contribution in [2.24, 2.45) is 0 Å². The standard InChI is InChI=1S/C19H22N8O/c1-26-6-8-27(9-7-26)19-23-10-15(11-24-19)16-12-22-17(20)18(25-16)28-13-14-2-4-21-5-3-14/h2-5,10-12H,6-9,13H2,1H3,(H2,20,22). The predicted octanol–water partition coefficient (Wildman–Crippen LogP) is 1.24. The molecular weight excluding hydrogens is 356 g/mol. The van der Waals surface area contributed by atoms with Gasteiger partial charge in [-0.15, -0.1) is 0 Å². The van der Waals surface area contributed by atoms with Gasteiger partial charge in [0, 0.05) is 56.5 Å². The van der Waals surface area contributed by atoms with Gasteiger partial charge >= 0.3 is 0 Å². The van der Waals surface area contributed by atoms with E-state index >= 15 is 0 Å². The first-order valence-corrected chi connectivity index (χ1v) is 9.09. The zero-order chi connectivity index (χ0) is 19.3. The van der Waals surface area contributed by atoms with Crippen LogP contribution in [-0.2, 0) is 6.61 Å². The molecule has 0 amide bonds. The molecule has 0 aliphatic carbocycles. The number of nitrogen functional groups attached to an aromatic ring is 1. The minimum atomic E-state index is 0.243. The zero-order valence-corrected chi connectivity index (χ0v) is 15.7. The van der Waals surface area contributed by atoms with Gasteiger partial charge in [-0.25, -0.2) is 19.9 Å². The Bertz CT molecular complexity index is 911. The summed E-state index contributed by atoms with van der Waals surface area (Å²) in [6.07, 6.45) is 8.54. The van der Waals surface area contributed by atoms with Crippen LogP contribution in [0.2, 0.25) is 0 Å². The average Bonchev–Trinajstić information content (AvgIpc) is 2.75. The van der Waals surface area contributed by atoms with Crippen molar-refractivity contribution in [2.75, 3.05) is 43.9 Å². The highest BCUT2D eigenvalue weighted by molar-refractivity contribution is 5.59. The minimum absolute atomic E-state index is 0.243. The number of ether oxygens (including phenoxy) is 1. The van der Waals surface area contributed by atoms with Crippen LogP contribution in [0.3, 0.4) is 0 Å². The molecule has 0 spiro atoms. The molecular formula is C19H22N8O. The van der Waals surface area contributed by atoms with E-state index in [4.69, 9.17) is 10.5 Å². The first kappa shape index (κ1) is 18.1. The van der Waals surface area contributed by atoms with Gasteiger partial charge in [0.2, 0.25) is 5.95 Å². The molecule has 0 unspecified atom stereocenters. The van der Waals surface area contributed by atoms with Gasteiger partial charge in [0.05, 0.1) is 11.9 Å². The summed E-state index contributed by atoms with van der Waals surface area (Å²) in [6.45, 7) is 4.19. The molecule has 1 aliphatic rings. The molecule has 0 radical (unpaired) electrons. The SMILES string of the molecule is CN1CCN(c2ncc(-c3cnc(N)c(OCc4ccncc4)n3)cn2)CC1. The summed E-state index contributed by atoms with van der Waals surface area (Å²) in [4.78, 5) is 26.1. The Labute approximate surface area is 163 Å². The van der Waals surface area contributed by atoms with Gasteiger partial charge in [0.1, 0.15) is 6.61 Å². The first-order valence-electron chi connectivity index (χ1n) is 9.09. The molecule has 0 aromatic carbocycles. The van der Waals surface area contributed by atoms with Crippen molar-refractivity contribution < 1.29 is 4.74 Å². The number of pyridine rings is 1. The summed E-state index contributed by atoms with van der Waals surface area (Å²) in [7, 11) is 2.12. The Balaban J connectivity index is 1.48. The van der Waals surface area contributed by atoms with Gasteiger partial charge in [0.15, 0.2) is 5.82 Å². The maximum Gasteiger partial charge on any atom is 0.258 e. The third kappa shape index (κ3) is 4.15. The summed E-state index contributed by atoms with van der Waals surface area (Å²) in [6, 6.07) is 3.75. The Morgan fingerprint density at radius 2 is 1.71 bits per heavy atom. The molecule has 3 aromatic rings. The number of hydrogen-bond donors (Lipinski definition) is 1. The van der Waals surface area contributed by atoms with E-state index in [0.717, 1.165) is 43.3 Å². The van der Waals surface area contributed by atoms with Crippen molar-refractivity contribution in [1.29, 1.82) is 0 Å². The van der Waals surface area contributed by atoms with E-state index in [1.54, 1.807) is 31.0 Å². The maximum atomic E-state index is 5.91. The van der Waals surface area contributed by atoms with E-state index in [1.807, 2.05) is 12.1 Å². The van der Waals surface area contributed by atoms with Crippen LogP contribution in [0, 0.1) is 0 Å². The van der Waals surface area contributed by atoms with Crippen molar-refractivity contribution in [3.8, 4) is 17.1 Å². The number of aromatic nitrogens is 5. The van der Waals surface area contributed by atoms with Gasteiger partial charge in [-0.1, -0.05) is 0 Å². The lowest BCUT2D eigenvalue weighted by atomic mass is 10.2. The number of likely N-dealkylation sites (N-methyl/N-ethyl adjacent to an activating group) is 1. The lowest BCUT2D eigenvalue weighted by Crippen LogP contribution is -2.45. The van der Waals surface area contributed by atoms with Crippen LogP contribution in [-0.4, -0.2) is 63.0 Å². The largest absolute Gasteiger partial charge is 0.470 e. The number of nitrogens with two attached hydrogens (primary N) is 1. The fourth-order valence-corrected chi connectivity index (χ4v) is 2.88. The second-order valence-electron chi connectivity index (χ2n) is 6.65. The van der Waals surface area contributed by atoms with E-state index in [-0.39, 0.29) is 11.7 Å². The molecule has 2 N–H and O–H groups in total. The lowest BCUT2D eigenvalue weighted by molar-refractivity contribution is 0.295. The molecule has 0 saturated carbocycles. The fourth-order valence-electron chi connectivity index (χ4n) is 2.88. The molecule has 9 heteroatoms. The number of nitrogens with zero attached hydrogens (tertiary/aromatic N) is 7. The monoisotopic (exact) mass is 378 g/mol. The Hall–Kier alpha value is -3.33. The molecule has 1 aliphatic heterocycles. The average molecular weight is 378 g/mol. The van der Waals surface area contributed by atoms with E-state index < -0.39 is 0 Å². The van der Waals surface area contributed by atoms with Crippen molar-refractivity contribution >= 4 is 11.8 Å². The number of rotatable bonds is 5. The van der Waals surface area contributed by atoms with E-state index in [0.29, 0.717) is 12.3 Å². The second kappa shape index (κ2) is 8.13. The molecule has 3 aromatic heterocycles. The molecule has 28 heavy (non-hydrogen) atoms. The summed E-state index contributed by atoms with van der Waals surface area (Å²) >= 11 is 0. The van der Waals surface area contributed by atoms with Gasteiger partial charge in [-0.3, -0.25) is 4.98 Å². The summed E-state index contributed by atoms with van der Waals surface area (Å²) in [5.74, 6) is 1.26. The van der Waals surface area contributed by atoms with Gasteiger partial charge in [0.25, 0.3) is 5.88 Å². The summed E-state index contributed by atoms with van der Waals surface area (Å²) in [5.41, 5.74) is 8.26. The molecule has 0 atom stereocenters. The highest BCUT2D eigenvalue weighted by Crippen LogP contribution is 2.23. The normalized spacial score (nSPS) is 14.8. The molecule has 9 nitrogen and oxygen atoms in total. The van der Waals surface area contributed by atoms with Gasteiger partial charge in [-0.2, -0.15) is 0 Å². The van der Waals surface area contributed by atoms with Crippen molar-refractivity contribution in [3.05, 3.63) is 48.7 Å². The Kier molecular flexibility index (Phi) is 5.24. The van der Waals surface area contributed by atoms with Crippen LogP contribution in [0.4, 0.5) is 11.8 Å². The van der Waals surface area contributed by atoms with E-state index in [2.05, 4.69) is 41.8 Å². The summed E-state index contributed by atoms with van der Waals surface area (Å²) in [5, 5.41) is 0. The maximum absolute atomic E-state index is 5.91. The molecule has 0 bridgehead atoms. The molecule has 144 valence electrons. The number of hydrogen-bond acceptors (Lipinski definition) is 9. The lowest BCUT2D eigenvalue weighted by Gasteiger charge is -2.32. The third-order valence-corrected chi connectivity index (χ3v) is 4.61. The quantitative estimate of drug-likeness (QED) is 0.702. The first-order chi connectivity index (χ1) is 13.7. The number of anilines is 2. The van der Waals surface area contributed by atoms with Crippen LogP contribution < -0.4 is 15.4 Å². The highest BCUT2D eigenvalue weighted by atomic mass is 16.5. The van der Waals surface area contributed by atoms with Gasteiger partial charge < -0.3 is 20.3 Å². The van der Waals surface area contributed by atoms with Crippen LogP contribution in [0.5, 0.6) is 5.88 Å². The number of piperazine rings is 1. The zero-order valence-electron chi connectivity index (χ0n) is 15.7. The molecule has 4 rings (SSSR count). The smallest absolute Gasteiger partial charge is 0.258 e. The molecule has 1 fully saturated rings. The third-order valence-electron chi connectivity index (χ3n) is 4.61. The molecule has 4 heterocycles. The Morgan fingerprint density at radius 1 is 1.00 bits per heavy atom. The predicted molar refractivity (Wildman–Crippen MR) is 106 cm³/mol. The summed E-state index contributed by atoms with van der Waals surface area (Å²) < 4.78 is 5.73. The van der Waals surface area contributed by atoms with Crippen LogP contribution in [0.15, 0.2) is 43.1 Å². The Morgan fingerprint density at radius 3 is 2.43 bits per heavy atom. The van der Waals surface area contributed by atoms with E-state index in [1.165, 1.54) is 0 Å².